The highest BCUT2D eigenvalue weighted by atomic mass is 16.4. The lowest BCUT2D eigenvalue weighted by atomic mass is 10.2. The standard InChI is InChI=1S/C9H8N.2C6H6.C4H6O6/c1-3-7-10-8-4-2-6-9(10)5-1;2*1-2-4-6-5-3-1;5-1(3(7)8)2(6)4(9)10/h1-8H;2*1-6H;1-2,5-6H,(H,7,8)(H,9,10)/q+1;;;/p-2. The van der Waals surface area contributed by atoms with Gasteiger partial charge in [-0.25, -0.2) is 0 Å². The molecule has 7 heteroatoms. The highest BCUT2D eigenvalue weighted by Crippen LogP contribution is 1.92. The Kier molecular flexibility index (Phi) is 12.8. The summed E-state index contributed by atoms with van der Waals surface area (Å²) in [6, 6.07) is 36.3. The van der Waals surface area contributed by atoms with Gasteiger partial charge in [-0.3, -0.25) is 0 Å². The number of pyridine rings is 2. The molecule has 2 unspecified atom stereocenters. The summed E-state index contributed by atoms with van der Waals surface area (Å²) in [5.74, 6) is -4.12. The van der Waals surface area contributed by atoms with Crippen molar-refractivity contribution in [2.24, 2.45) is 0 Å². The molecule has 0 spiro atoms. The number of benzene rings is 2. The zero-order chi connectivity index (χ0) is 23.6. The minimum Gasteiger partial charge on any atom is -0.547 e. The molecule has 2 aromatic carbocycles. The number of aliphatic hydroxyl groups excluding tert-OH is 2. The smallest absolute Gasteiger partial charge is 0.210 e. The van der Waals surface area contributed by atoms with Gasteiger partial charge < -0.3 is 30.0 Å². The van der Waals surface area contributed by atoms with E-state index in [0.29, 0.717) is 0 Å². The number of carboxylic acid groups (broad SMARTS) is 2. The van der Waals surface area contributed by atoms with Crippen LogP contribution >= 0.6 is 0 Å². The Balaban J connectivity index is 0.000000219. The third-order valence-corrected chi connectivity index (χ3v) is 3.66. The molecule has 0 saturated carbocycles. The molecule has 166 valence electrons. The maximum Gasteiger partial charge on any atom is 0.210 e. The number of aromatic nitrogens is 1. The number of rotatable bonds is 3. The van der Waals surface area contributed by atoms with E-state index in [1.54, 1.807) is 0 Å². The van der Waals surface area contributed by atoms with Gasteiger partial charge in [-0.1, -0.05) is 72.8 Å². The first-order chi connectivity index (χ1) is 15.4. The Hall–Kier alpha value is -4.07. The molecule has 0 radical (unpaired) electrons. The predicted octanol–water partition coefficient (Wildman–Crippen LogP) is 0.00650. The van der Waals surface area contributed by atoms with Crippen LogP contribution < -0.4 is 14.6 Å². The van der Waals surface area contributed by atoms with E-state index >= 15 is 0 Å². The lowest BCUT2D eigenvalue weighted by molar-refractivity contribution is -0.511. The Labute approximate surface area is 186 Å². The number of fused-ring (bicyclic) bond motifs is 1. The van der Waals surface area contributed by atoms with Crippen molar-refractivity contribution < 1.29 is 34.4 Å². The van der Waals surface area contributed by atoms with Crippen molar-refractivity contribution in [3.05, 3.63) is 122 Å². The van der Waals surface area contributed by atoms with E-state index in [1.165, 1.54) is 5.52 Å². The van der Waals surface area contributed by atoms with E-state index in [0.717, 1.165) is 0 Å². The van der Waals surface area contributed by atoms with Crippen molar-refractivity contribution in [2.75, 3.05) is 0 Å². The predicted molar refractivity (Wildman–Crippen MR) is 115 cm³/mol. The van der Waals surface area contributed by atoms with E-state index in [4.69, 9.17) is 10.2 Å². The summed E-state index contributed by atoms with van der Waals surface area (Å²) in [5, 5.41) is 35.7. The summed E-state index contributed by atoms with van der Waals surface area (Å²) in [7, 11) is 0. The zero-order valence-electron chi connectivity index (χ0n) is 17.2. The molecule has 0 amide bonds. The fraction of sp³-hybridized carbons (Fsp3) is 0.0800. The quantitative estimate of drug-likeness (QED) is 0.438. The maximum atomic E-state index is 9.63. The molecule has 2 N–H and O–H groups in total. The van der Waals surface area contributed by atoms with Crippen LogP contribution in [-0.2, 0) is 9.59 Å². The second kappa shape index (κ2) is 15.7. The summed E-state index contributed by atoms with van der Waals surface area (Å²) in [4.78, 5) is 19.3. The van der Waals surface area contributed by atoms with Gasteiger partial charge in [-0.2, -0.15) is 4.40 Å². The number of hydrogen-bond donors (Lipinski definition) is 2. The lowest BCUT2D eigenvalue weighted by Crippen LogP contribution is -2.51. The Morgan fingerprint density at radius 2 is 0.844 bits per heavy atom. The second-order valence-electron chi connectivity index (χ2n) is 6.07. The van der Waals surface area contributed by atoms with Gasteiger partial charge in [0.15, 0.2) is 12.4 Å². The molecular weight excluding hydrogens is 410 g/mol. The van der Waals surface area contributed by atoms with E-state index in [9.17, 15) is 19.8 Å². The fourth-order valence-electron chi connectivity index (χ4n) is 2.07. The first-order valence-electron chi connectivity index (χ1n) is 9.56. The normalized spacial score (nSPS) is 11.1. The number of aliphatic hydroxyl groups is 2. The van der Waals surface area contributed by atoms with Crippen LogP contribution in [0.2, 0.25) is 0 Å². The van der Waals surface area contributed by atoms with Crippen LogP contribution in [0.25, 0.3) is 5.52 Å². The summed E-state index contributed by atoms with van der Waals surface area (Å²) < 4.78 is 2.08. The number of nitrogens with zero attached hydrogens (tertiary/aromatic N) is 1. The number of carbonyl (C=O) groups is 2. The zero-order valence-corrected chi connectivity index (χ0v) is 17.2. The molecule has 2 aromatic heterocycles. The van der Waals surface area contributed by atoms with Gasteiger partial charge in [0.2, 0.25) is 5.52 Å². The molecule has 7 nitrogen and oxygen atoms in total. The number of carboxylic acids is 2. The number of aliphatic carboxylic acids is 2. The summed E-state index contributed by atoms with van der Waals surface area (Å²) in [5.41, 5.74) is 1.23. The van der Waals surface area contributed by atoms with Gasteiger partial charge in [0.05, 0.1) is 11.9 Å². The fourth-order valence-corrected chi connectivity index (χ4v) is 2.07. The molecule has 2 heterocycles. The van der Waals surface area contributed by atoms with E-state index < -0.39 is 24.1 Å². The van der Waals surface area contributed by atoms with Crippen LogP contribution in [-0.4, -0.2) is 34.4 Å². The average Bonchev–Trinajstić information content (AvgIpc) is 2.86. The monoisotopic (exact) mass is 434 g/mol. The Morgan fingerprint density at radius 1 is 0.562 bits per heavy atom. The summed E-state index contributed by atoms with van der Waals surface area (Å²) >= 11 is 0. The van der Waals surface area contributed by atoms with Crippen molar-refractivity contribution in [1.29, 1.82) is 0 Å². The Bertz CT molecular complexity index is 860. The highest BCUT2D eigenvalue weighted by molar-refractivity contribution is 5.80. The van der Waals surface area contributed by atoms with E-state index in [-0.39, 0.29) is 0 Å². The summed E-state index contributed by atoms with van der Waals surface area (Å²) in [6.07, 6.45) is -0.806. The molecule has 0 bridgehead atoms. The average molecular weight is 434 g/mol. The maximum absolute atomic E-state index is 9.63. The molecule has 0 saturated heterocycles. The molecular formula is C25H24NO6-. The molecule has 2 atom stereocenters. The van der Waals surface area contributed by atoms with Crippen LogP contribution in [0.15, 0.2) is 122 Å². The summed E-state index contributed by atoms with van der Waals surface area (Å²) in [6.45, 7) is 0. The number of hydrogen-bond acceptors (Lipinski definition) is 6. The lowest BCUT2D eigenvalue weighted by Gasteiger charge is -2.18. The molecule has 0 aliphatic heterocycles. The van der Waals surface area contributed by atoms with Gasteiger partial charge in [0.25, 0.3) is 0 Å². The van der Waals surface area contributed by atoms with Crippen molar-refractivity contribution in [2.45, 2.75) is 12.2 Å². The van der Waals surface area contributed by atoms with Crippen LogP contribution in [0.4, 0.5) is 0 Å². The van der Waals surface area contributed by atoms with Crippen LogP contribution in [0.1, 0.15) is 0 Å². The van der Waals surface area contributed by atoms with Gasteiger partial charge in [-0.15, -0.1) is 0 Å². The van der Waals surface area contributed by atoms with Crippen LogP contribution in [0, 0.1) is 0 Å². The van der Waals surface area contributed by atoms with Gasteiger partial charge >= 0.3 is 0 Å². The molecule has 0 fully saturated rings. The first-order valence-corrected chi connectivity index (χ1v) is 9.56. The minimum atomic E-state index is -2.44. The van der Waals surface area contributed by atoms with Crippen molar-refractivity contribution in [3.8, 4) is 0 Å². The van der Waals surface area contributed by atoms with Crippen molar-refractivity contribution in [1.82, 2.24) is 0 Å². The molecule has 4 aromatic rings. The molecule has 32 heavy (non-hydrogen) atoms. The minimum absolute atomic E-state index is 1.23. The van der Waals surface area contributed by atoms with E-state index in [1.807, 2.05) is 109 Å². The third kappa shape index (κ3) is 11.2. The molecule has 0 aliphatic rings. The van der Waals surface area contributed by atoms with Crippen LogP contribution in [0.3, 0.4) is 0 Å². The van der Waals surface area contributed by atoms with Crippen molar-refractivity contribution >= 4 is 17.5 Å². The SMILES string of the molecule is O=C([O-])C(O)C(O)C(=O)[O-].c1cc[n+]2ccccc2c1.c1ccccc1.c1ccccc1. The molecule has 0 aliphatic carbocycles. The van der Waals surface area contributed by atoms with E-state index in [2.05, 4.69) is 16.5 Å². The second-order valence-corrected chi connectivity index (χ2v) is 6.07. The van der Waals surface area contributed by atoms with Gasteiger partial charge in [0, 0.05) is 24.3 Å². The van der Waals surface area contributed by atoms with Gasteiger partial charge in [-0.05, 0) is 12.1 Å². The molecule has 4 rings (SSSR count). The van der Waals surface area contributed by atoms with Gasteiger partial charge in [0.1, 0.15) is 12.2 Å². The highest BCUT2D eigenvalue weighted by Gasteiger charge is 2.17. The van der Waals surface area contributed by atoms with Crippen LogP contribution in [0.5, 0.6) is 0 Å². The largest absolute Gasteiger partial charge is 0.547 e. The number of carbonyl (C=O) groups excluding carboxylic acids is 2. The first kappa shape index (κ1) is 26.0. The topological polar surface area (TPSA) is 125 Å². The third-order valence-electron chi connectivity index (χ3n) is 3.66. The Morgan fingerprint density at radius 3 is 1.06 bits per heavy atom. The van der Waals surface area contributed by atoms with Crippen molar-refractivity contribution in [3.63, 3.8) is 0 Å².